The molecule has 1 amide bonds. The van der Waals surface area contributed by atoms with E-state index in [-0.39, 0.29) is 10.7 Å². The summed E-state index contributed by atoms with van der Waals surface area (Å²) < 4.78 is 5.05. The number of thioether (sulfide) groups is 1. The Bertz CT molecular complexity index is 208. The molecule has 1 aliphatic heterocycles. The van der Waals surface area contributed by atoms with E-state index in [9.17, 15) is 4.79 Å². The lowest BCUT2D eigenvalue weighted by molar-refractivity contribution is -0.132. The van der Waals surface area contributed by atoms with E-state index in [4.69, 9.17) is 4.74 Å². The third-order valence-corrected chi connectivity index (χ3v) is 4.04. The highest BCUT2D eigenvalue weighted by Gasteiger charge is 2.28. The summed E-state index contributed by atoms with van der Waals surface area (Å²) in [6.45, 7) is 3.20. The van der Waals surface area contributed by atoms with Gasteiger partial charge in [-0.3, -0.25) is 4.79 Å². The van der Waals surface area contributed by atoms with Crippen molar-refractivity contribution in [2.45, 2.75) is 24.2 Å². The number of carbonyl (C=O) groups is 1. The first-order valence-corrected chi connectivity index (χ1v) is 7.25. The molecule has 88 valence electrons. The Hall–Kier alpha value is 0.260. The van der Waals surface area contributed by atoms with Crippen LogP contribution in [-0.2, 0) is 9.53 Å². The average molecular weight is 296 g/mol. The molecule has 0 aliphatic carbocycles. The lowest BCUT2D eigenvalue weighted by atomic mass is 10.2. The number of methoxy groups -OCH3 is 1. The predicted molar refractivity (Wildman–Crippen MR) is 67.7 cm³/mol. The van der Waals surface area contributed by atoms with Crippen molar-refractivity contribution >= 4 is 33.6 Å². The van der Waals surface area contributed by atoms with E-state index in [0.29, 0.717) is 19.2 Å². The Morgan fingerprint density at radius 3 is 2.93 bits per heavy atom. The Morgan fingerprint density at radius 1 is 1.73 bits per heavy atom. The smallest absolute Gasteiger partial charge is 0.236 e. The lowest BCUT2D eigenvalue weighted by Crippen LogP contribution is -2.45. The van der Waals surface area contributed by atoms with Crippen molar-refractivity contribution in [1.82, 2.24) is 4.90 Å². The van der Waals surface area contributed by atoms with E-state index in [1.165, 1.54) is 0 Å². The van der Waals surface area contributed by atoms with Gasteiger partial charge in [-0.2, -0.15) is 11.8 Å². The summed E-state index contributed by atoms with van der Waals surface area (Å²) in [7, 11) is 1.67. The second-order valence-corrected chi connectivity index (χ2v) is 6.18. The van der Waals surface area contributed by atoms with E-state index < -0.39 is 0 Å². The van der Waals surface area contributed by atoms with Gasteiger partial charge in [0, 0.05) is 25.4 Å². The molecule has 0 aromatic carbocycles. The number of halogens is 1. The third kappa shape index (κ3) is 3.96. The van der Waals surface area contributed by atoms with E-state index >= 15 is 0 Å². The van der Waals surface area contributed by atoms with Crippen LogP contribution in [0.4, 0.5) is 0 Å². The molecule has 5 heteroatoms. The summed E-state index contributed by atoms with van der Waals surface area (Å²) >= 11 is 5.26. The summed E-state index contributed by atoms with van der Waals surface area (Å²) in [6, 6.07) is 0.401. The van der Waals surface area contributed by atoms with Gasteiger partial charge in [0.05, 0.1) is 11.4 Å². The molecule has 1 rings (SSSR count). The topological polar surface area (TPSA) is 29.5 Å². The van der Waals surface area contributed by atoms with Gasteiger partial charge in [0.15, 0.2) is 0 Å². The van der Waals surface area contributed by atoms with Crippen LogP contribution >= 0.6 is 27.7 Å². The number of rotatable bonds is 5. The zero-order chi connectivity index (χ0) is 11.3. The quantitative estimate of drug-likeness (QED) is 0.724. The fourth-order valence-electron chi connectivity index (χ4n) is 1.66. The highest BCUT2D eigenvalue weighted by Crippen LogP contribution is 2.23. The van der Waals surface area contributed by atoms with Gasteiger partial charge in [0.2, 0.25) is 5.91 Å². The molecule has 1 fully saturated rings. The minimum atomic E-state index is -0.0973. The number of ether oxygens (including phenoxy) is 1. The number of hydrogen-bond donors (Lipinski definition) is 0. The maximum Gasteiger partial charge on any atom is 0.236 e. The third-order valence-electron chi connectivity index (χ3n) is 2.51. The van der Waals surface area contributed by atoms with Gasteiger partial charge >= 0.3 is 0 Å². The van der Waals surface area contributed by atoms with Crippen LogP contribution in [-0.4, -0.2) is 53.4 Å². The monoisotopic (exact) mass is 295 g/mol. The molecular weight excluding hydrogens is 278 g/mol. The normalized spacial score (nSPS) is 22.7. The standard InChI is InChI=1S/C10H18BrNO2S/c1-8(11)10(13)12(4-5-14-2)9-3-6-15-7-9/h8-9H,3-7H2,1-2H3. The number of amides is 1. The maximum atomic E-state index is 12.0. The Labute approximate surface area is 104 Å². The summed E-state index contributed by atoms with van der Waals surface area (Å²) in [5.74, 6) is 2.41. The Balaban J connectivity index is 2.54. The van der Waals surface area contributed by atoms with Crippen LogP contribution in [0, 0.1) is 0 Å². The van der Waals surface area contributed by atoms with Crippen molar-refractivity contribution in [2.75, 3.05) is 31.8 Å². The van der Waals surface area contributed by atoms with Crippen molar-refractivity contribution in [1.29, 1.82) is 0 Å². The van der Waals surface area contributed by atoms with Crippen LogP contribution in [0.1, 0.15) is 13.3 Å². The van der Waals surface area contributed by atoms with Crippen LogP contribution in [0.25, 0.3) is 0 Å². The molecule has 0 saturated carbocycles. The van der Waals surface area contributed by atoms with Gasteiger partial charge in [-0.05, 0) is 19.1 Å². The molecule has 3 nitrogen and oxygen atoms in total. The number of carbonyl (C=O) groups excluding carboxylic acids is 1. The summed E-state index contributed by atoms with van der Waals surface area (Å²) in [5, 5.41) is 0. The van der Waals surface area contributed by atoms with Crippen molar-refractivity contribution in [3.05, 3.63) is 0 Å². The average Bonchev–Trinajstić information content (AvgIpc) is 2.71. The summed E-state index contributed by atoms with van der Waals surface area (Å²) in [5.41, 5.74) is 0. The minimum absolute atomic E-state index is 0.0973. The molecular formula is C10H18BrNO2S. The van der Waals surface area contributed by atoms with Gasteiger partial charge in [-0.25, -0.2) is 0 Å². The molecule has 1 heterocycles. The lowest BCUT2D eigenvalue weighted by Gasteiger charge is -2.29. The first-order valence-electron chi connectivity index (χ1n) is 5.18. The van der Waals surface area contributed by atoms with Crippen molar-refractivity contribution < 1.29 is 9.53 Å². The van der Waals surface area contributed by atoms with Gasteiger partial charge < -0.3 is 9.64 Å². The fourth-order valence-corrected chi connectivity index (χ4v) is 3.15. The SMILES string of the molecule is COCCN(C(=O)C(C)Br)C1CCSC1. The second-order valence-electron chi connectivity index (χ2n) is 3.66. The Morgan fingerprint density at radius 2 is 2.47 bits per heavy atom. The van der Waals surface area contributed by atoms with Crippen molar-refractivity contribution in [2.24, 2.45) is 0 Å². The van der Waals surface area contributed by atoms with Gasteiger partial charge in [-0.15, -0.1) is 0 Å². The zero-order valence-electron chi connectivity index (χ0n) is 9.24. The molecule has 1 aliphatic rings. The van der Waals surface area contributed by atoms with Crippen LogP contribution in [0.3, 0.4) is 0 Å². The van der Waals surface area contributed by atoms with Gasteiger partial charge in [0.1, 0.15) is 0 Å². The molecule has 2 atom stereocenters. The number of nitrogens with zero attached hydrogens (tertiary/aromatic N) is 1. The van der Waals surface area contributed by atoms with Crippen LogP contribution in [0.5, 0.6) is 0 Å². The molecule has 0 bridgehead atoms. The van der Waals surface area contributed by atoms with E-state index in [0.717, 1.165) is 17.9 Å². The number of hydrogen-bond acceptors (Lipinski definition) is 3. The van der Waals surface area contributed by atoms with Crippen molar-refractivity contribution in [3.8, 4) is 0 Å². The minimum Gasteiger partial charge on any atom is -0.383 e. The summed E-state index contributed by atoms with van der Waals surface area (Å²) in [4.78, 5) is 13.8. The van der Waals surface area contributed by atoms with Crippen LogP contribution < -0.4 is 0 Å². The molecule has 0 radical (unpaired) electrons. The van der Waals surface area contributed by atoms with E-state index in [1.807, 2.05) is 23.6 Å². The molecule has 1 saturated heterocycles. The maximum absolute atomic E-state index is 12.0. The Kier molecular flexibility index (Phi) is 6.00. The first kappa shape index (κ1) is 13.3. The second kappa shape index (κ2) is 6.76. The predicted octanol–water partition coefficient (Wildman–Crippen LogP) is 1.75. The zero-order valence-corrected chi connectivity index (χ0v) is 11.6. The number of alkyl halides is 1. The van der Waals surface area contributed by atoms with Gasteiger partial charge in [-0.1, -0.05) is 15.9 Å². The van der Waals surface area contributed by atoms with E-state index in [1.54, 1.807) is 7.11 Å². The molecule has 0 spiro atoms. The highest BCUT2D eigenvalue weighted by atomic mass is 79.9. The van der Waals surface area contributed by atoms with Crippen LogP contribution in [0.2, 0.25) is 0 Å². The summed E-state index contributed by atoms with van der Waals surface area (Å²) in [6.07, 6.45) is 1.11. The largest absolute Gasteiger partial charge is 0.383 e. The fraction of sp³-hybridized carbons (Fsp3) is 0.900. The molecule has 0 N–H and O–H groups in total. The highest BCUT2D eigenvalue weighted by molar-refractivity contribution is 9.10. The molecule has 0 aromatic heterocycles. The van der Waals surface area contributed by atoms with Gasteiger partial charge in [0.25, 0.3) is 0 Å². The van der Waals surface area contributed by atoms with Crippen LogP contribution in [0.15, 0.2) is 0 Å². The van der Waals surface area contributed by atoms with E-state index in [2.05, 4.69) is 15.9 Å². The molecule has 15 heavy (non-hydrogen) atoms. The van der Waals surface area contributed by atoms with Crippen molar-refractivity contribution in [3.63, 3.8) is 0 Å². The first-order chi connectivity index (χ1) is 7.16. The molecule has 2 unspecified atom stereocenters. The molecule has 0 aromatic rings.